The lowest BCUT2D eigenvalue weighted by atomic mass is 10.2. The molecule has 2 aromatic rings. The van der Waals surface area contributed by atoms with Gasteiger partial charge in [0.25, 0.3) is 5.91 Å². The maximum absolute atomic E-state index is 11.9. The van der Waals surface area contributed by atoms with Gasteiger partial charge < -0.3 is 10.6 Å². The summed E-state index contributed by atoms with van der Waals surface area (Å²) in [5.74, 6) is -0.192. The summed E-state index contributed by atoms with van der Waals surface area (Å²) in [6.45, 7) is 2.27. The third-order valence-electron chi connectivity index (χ3n) is 2.93. The average Bonchev–Trinajstić information content (AvgIpc) is 2.93. The summed E-state index contributed by atoms with van der Waals surface area (Å²) < 4.78 is 2.80. The quantitative estimate of drug-likeness (QED) is 0.875. The van der Waals surface area contributed by atoms with Crippen molar-refractivity contribution in [2.45, 2.75) is 12.6 Å². The van der Waals surface area contributed by atoms with E-state index in [1.807, 2.05) is 12.1 Å². The maximum Gasteiger partial charge on any atom is 0.273 e. The van der Waals surface area contributed by atoms with E-state index in [1.165, 1.54) is 0 Å². The predicted octanol–water partition coefficient (Wildman–Crippen LogP) is 1.18. The fourth-order valence-corrected chi connectivity index (χ4v) is 3.15. The molecule has 19 heavy (non-hydrogen) atoms. The number of nitrogens with zero attached hydrogens (tertiary/aromatic N) is 3. The Bertz CT molecular complexity index is 591. The van der Waals surface area contributed by atoms with Gasteiger partial charge in [-0.15, -0.1) is 16.4 Å². The Balaban J connectivity index is 1.58. The van der Waals surface area contributed by atoms with Crippen LogP contribution in [0.3, 0.4) is 0 Å². The summed E-state index contributed by atoms with van der Waals surface area (Å²) in [7, 11) is 0. The van der Waals surface area contributed by atoms with E-state index < -0.39 is 0 Å². The maximum atomic E-state index is 11.9. The zero-order valence-electron chi connectivity index (χ0n) is 9.97. The number of carbonyl (C=O) groups is 1. The molecule has 3 rings (SSSR count). The van der Waals surface area contributed by atoms with Gasteiger partial charge >= 0.3 is 0 Å². The number of hydrogen-bond donors (Lipinski definition) is 2. The van der Waals surface area contributed by atoms with Crippen molar-refractivity contribution in [1.82, 2.24) is 25.6 Å². The summed E-state index contributed by atoms with van der Waals surface area (Å²) in [4.78, 5) is 13.0. The van der Waals surface area contributed by atoms with E-state index in [9.17, 15) is 4.79 Å². The number of rotatable bonds is 4. The van der Waals surface area contributed by atoms with Gasteiger partial charge in [-0.25, -0.2) is 4.68 Å². The third kappa shape index (κ3) is 2.85. The Morgan fingerprint density at radius 2 is 2.42 bits per heavy atom. The molecule has 1 aliphatic rings. The number of aromatic nitrogens is 3. The first kappa shape index (κ1) is 12.8. The van der Waals surface area contributed by atoms with E-state index in [4.69, 9.17) is 0 Å². The Morgan fingerprint density at radius 1 is 1.58 bits per heavy atom. The van der Waals surface area contributed by atoms with Gasteiger partial charge in [-0.1, -0.05) is 5.21 Å². The SMILES string of the molecule is O=C(NCc1ccc(Br)s1)c1cn(C2CNC2)nn1. The highest BCUT2D eigenvalue weighted by Crippen LogP contribution is 2.21. The molecule has 2 N–H and O–H groups in total. The van der Waals surface area contributed by atoms with Crippen LogP contribution in [0.4, 0.5) is 0 Å². The average molecular weight is 342 g/mol. The second-order valence-electron chi connectivity index (χ2n) is 4.28. The van der Waals surface area contributed by atoms with Crippen LogP contribution in [0.2, 0.25) is 0 Å². The van der Waals surface area contributed by atoms with Crippen LogP contribution < -0.4 is 10.6 Å². The van der Waals surface area contributed by atoms with E-state index in [2.05, 4.69) is 36.9 Å². The minimum absolute atomic E-state index is 0.192. The van der Waals surface area contributed by atoms with Gasteiger partial charge in [0, 0.05) is 18.0 Å². The van der Waals surface area contributed by atoms with Gasteiger partial charge in [0.2, 0.25) is 0 Å². The van der Waals surface area contributed by atoms with Crippen molar-refractivity contribution in [3.63, 3.8) is 0 Å². The van der Waals surface area contributed by atoms with Crippen molar-refractivity contribution in [3.05, 3.63) is 32.7 Å². The second-order valence-corrected chi connectivity index (χ2v) is 6.83. The molecular formula is C11H12BrN5OS. The van der Waals surface area contributed by atoms with Gasteiger partial charge in [-0.3, -0.25) is 4.79 Å². The first-order chi connectivity index (χ1) is 9.22. The van der Waals surface area contributed by atoms with Gasteiger partial charge in [-0.05, 0) is 28.1 Å². The molecule has 0 spiro atoms. The molecule has 6 nitrogen and oxygen atoms in total. The van der Waals surface area contributed by atoms with Crippen LogP contribution in [0, 0.1) is 0 Å². The van der Waals surface area contributed by atoms with Crippen molar-refractivity contribution < 1.29 is 4.79 Å². The summed E-state index contributed by atoms with van der Waals surface area (Å²) in [6, 6.07) is 4.26. The number of nitrogens with one attached hydrogen (secondary N) is 2. The summed E-state index contributed by atoms with van der Waals surface area (Å²) >= 11 is 4.99. The van der Waals surface area contributed by atoms with Crippen LogP contribution in [-0.2, 0) is 6.54 Å². The zero-order chi connectivity index (χ0) is 13.2. The molecule has 0 aliphatic carbocycles. The molecule has 0 atom stereocenters. The molecule has 0 saturated carbocycles. The molecule has 0 aromatic carbocycles. The van der Waals surface area contributed by atoms with Crippen LogP contribution in [0.25, 0.3) is 0 Å². The molecule has 0 radical (unpaired) electrons. The predicted molar refractivity (Wildman–Crippen MR) is 75.1 cm³/mol. The minimum Gasteiger partial charge on any atom is -0.346 e. The molecule has 100 valence electrons. The van der Waals surface area contributed by atoms with E-state index in [0.29, 0.717) is 18.3 Å². The highest BCUT2D eigenvalue weighted by Gasteiger charge is 2.21. The van der Waals surface area contributed by atoms with Gasteiger partial charge in [0.1, 0.15) is 0 Å². The van der Waals surface area contributed by atoms with Crippen LogP contribution in [0.5, 0.6) is 0 Å². The summed E-state index contributed by atoms with van der Waals surface area (Å²) in [6.07, 6.45) is 1.70. The fraction of sp³-hybridized carbons (Fsp3) is 0.364. The van der Waals surface area contributed by atoms with Crippen molar-refractivity contribution >= 4 is 33.2 Å². The van der Waals surface area contributed by atoms with Crippen LogP contribution in [-0.4, -0.2) is 34.0 Å². The molecule has 2 aromatic heterocycles. The number of amides is 1. The lowest BCUT2D eigenvalue weighted by Gasteiger charge is -2.26. The number of halogens is 1. The monoisotopic (exact) mass is 341 g/mol. The summed E-state index contributed by atoms with van der Waals surface area (Å²) in [5, 5.41) is 13.9. The first-order valence-electron chi connectivity index (χ1n) is 5.87. The van der Waals surface area contributed by atoms with Crippen LogP contribution in [0.1, 0.15) is 21.4 Å². The highest BCUT2D eigenvalue weighted by molar-refractivity contribution is 9.11. The van der Waals surface area contributed by atoms with Crippen LogP contribution >= 0.6 is 27.3 Å². The van der Waals surface area contributed by atoms with Crippen LogP contribution in [0.15, 0.2) is 22.1 Å². The molecule has 1 aliphatic heterocycles. The van der Waals surface area contributed by atoms with Gasteiger partial charge in [0.05, 0.1) is 22.6 Å². The standard InChI is InChI=1S/C11H12BrN5OS/c12-10-2-1-8(19-10)5-14-11(18)9-6-17(16-15-9)7-3-13-4-7/h1-2,6-7,13H,3-5H2,(H,14,18). The molecule has 0 bridgehead atoms. The van der Waals surface area contributed by atoms with E-state index in [-0.39, 0.29) is 5.91 Å². The molecule has 1 amide bonds. The lowest BCUT2D eigenvalue weighted by Crippen LogP contribution is -2.43. The van der Waals surface area contributed by atoms with Crippen molar-refractivity contribution in [3.8, 4) is 0 Å². The Morgan fingerprint density at radius 3 is 3.05 bits per heavy atom. The number of hydrogen-bond acceptors (Lipinski definition) is 5. The van der Waals surface area contributed by atoms with E-state index in [1.54, 1.807) is 22.2 Å². The largest absolute Gasteiger partial charge is 0.346 e. The number of carbonyl (C=O) groups excluding carboxylic acids is 1. The van der Waals surface area contributed by atoms with Crippen molar-refractivity contribution in [1.29, 1.82) is 0 Å². The lowest BCUT2D eigenvalue weighted by molar-refractivity contribution is 0.0946. The molecule has 0 unspecified atom stereocenters. The Labute approximate surface area is 122 Å². The van der Waals surface area contributed by atoms with Gasteiger partial charge in [-0.2, -0.15) is 0 Å². The molecule has 1 fully saturated rings. The molecule has 1 saturated heterocycles. The van der Waals surface area contributed by atoms with E-state index in [0.717, 1.165) is 21.8 Å². The van der Waals surface area contributed by atoms with Crippen molar-refractivity contribution in [2.24, 2.45) is 0 Å². The number of thiophene rings is 1. The third-order valence-corrected chi connectivity index (χ3v) is 4.55. The second kappa shape index (κ2) is 5.40. The normalized spacial score (nSPS) is 15.2. The molecule has 3 heterocycles. The topological polar surface area (TPSA) is 71.8 Å². The first-order valence-corrected chi connectivity index (χ1v) is 7.48. The molecule has 8 heteroatoms. The van der Waals surface area contributed by atoms with Crippen molar-refractivity contribution in [2.75, 3.05) is 13.1 Å². The Hall–Kier alpha value is -1.25. The van der Waals surface area contributed by atoms with Gasteiger partial charge in [0.15, 0.2) is 5.69 Å². The van der Waals surface area contributed by atoms with E-state index >= 15 is 0 Å². The minimum atomic E-state index is -0.192. The Kier molecular flexibility index (Phi) is 3.63. The zero-order valence-corrected chi connectivity index (χ0v) is 12.4. The smallest absolute Gasteiger partial charge is 0.273 e. The summed E-state index contributed by atoms with van der Waals surface area (Å²) in [5.41, 5.74) is 0.363. The molecular weight excluding hydrogens is 330 g/mol. The fourth-order valence-electron chi connectivity index (χ4n) is 1.72. The highest BCUT2D eigenvalue weighted by atomic mass is 79.9.